The van der Waals surface area contributed by atoms with E-state index in [1.165, 1.54) is 4.31 Å². The molecule has 2 aromatic rings. The number of nitrogens with one attached hydrogen (secondary N) is 2. The third-order valence-corrected chi connectivity index (χ3v) is 7.58. The van der Waals surface area contributed by atoms with Crippen LogP contribution in [0.4, 0.5) is 5.69 Å². The minimum atomic E-state index is -3.59. The number of carbonyl (C=O) groups is 2. The third-order valence-electron chi connectivity index (χ3n) is 5.61. The molecule has 1 fully saturated rings. The van der Waals surface area contributed by atoms with Gasteiger partial charge >= 0.3 is 11.8 Å². The normalized spacial score (nSPS) is 17.2. The molecule has 8 heteroatoms. The van der Waals surface area contributed by atoms with Gasteiger partial charge in [0.15, 0.2) is 0 Å². The van der Waals surface area contributed by atoms with Gasteiger partial charge in [-0.1, -0.05) is 42.8 Å². The number of carbonyl (C=O) groups excluding carboxylic acids is 2. The fourth-order valence-corrected chi connectivity index (χ4v) is 5.67. The zero-order valence-electron chi connectivity index (χ0n) is 17.9. The quantitative estimate of drug-likeness (QED) is 0.671. The lowest BCUT2D eigenvalue weighted by Gasteiger charge is -2.34. The molecule has 0 bridgehead atoms. The van der Waals surface area contributed by atoms with E-state index in [9.17, 15) is 18.0 Å². The Bertz CT molecular complexity index is 1020. The van der Waals surface area contributed by atoms with E-state index >= 15 is 0 Å². The van der Waals surface area contributed by atoms with Crippen molar-refractivity contribution in [1.82, 2.24) is 9.62 Å². The molecule has 1 saturated heterocycles. The molecule has 2 aromatic carbocycles. The van der Waals surface area contributed by atoms with Crippen molar-refractivity contribution in [3.63, 3.8) is 0 Å². The highest BCUT2D eigenvalue weighted by molar-refractivity contribution is 7.89. The minimum absolute atomic E-state index is 0.207. The number of aryl methyl sites for hydroxylation is 2. The predicted octanol–water partition coefficient (Wildman–Crippen LogP) is 2.99. The number of amides is 2. The number of benzene rings is 2. The molecule has 1 aliphatic heterocycles. The summed E-state index contributed by atoms with van der Waals surface area (Å²) in [6.45, 7) is 4.42. The maximum absolute atomic E-state index is 13.0. The summed E-state index contributed by atoms with van der Waals surface area (Å²) >= 11 is 0. The maximum atomic E-state index is 13.0. The highest BCUT2D eigenvalue weighted by Gasteiger charge is 2.33. The molecule has 0 saturated carbocycles. The molecular formula is C23H29N3O4S. The summed E-state index contributed by atoms with van der Waals surface area (Å²) in [6, 6.07) is 13.8. The smallest absolute Gasteiger partial charge is 0.313 e. The van der Waals surface area contributed by atoms with E-state index in [0.717, 1.165) is 30.4 Å². The first-order valence-electron chi connectivity index (χ1n) is 10.5. The number of hydrogen-bond donors (Lipinski definition) is 2. The molecule has 7 nitrogen and oxygen atoms in total. The van der Waals surface area contributed by atoms with Crippen LogP contribution in [0.2, 0.25) is 0 Å². The molecule has 0 spiro atoms. The van der Waals surface area contributed by atoms with Crippen molar-refractivity contribution in [1.29, 1.82) is 0 Å². The molecule has 1 aliphatic rings. The van der Waals surface area contributed by atoms with E-state index < -0.39 is 21.8 Å². The first kappa shape index (κ1) is 23.0. The fraction of sp³-hybridized carbons (Fsp3) is 0.391. The van der Waals surface area contributed by atoms with Crippen molar-refractivity contribution in [2.75, 3.05) is 18.4 Å². The van der Waals surface area contributed by atoms with E-state index in [2.05, 4.69) is 10.6 Å². The molecule has 1 heterocycles. The lowest BCUT2D eigenvalue weighted by Crippen LogP contribution is -2.45. The van der Waals surface area contributed by atoms with Gasteiger partial charge in [0, 0.05) is 24.8 Å². The van der Waals surface area contributed by atoms with Crippen molar-refractivity contribution in [3.05, 3.63) is 59.7 Å². The molecule has 0 unspecified atom stereocenters. The molecule has 0 radical (unpaired) electrons. The minimum Gasteiger partial charge on any atom is -0.348 e. The van der Waals surface area contributed by atoms with Gasteiger partial charge in [-0.3, -0.25) is 9.59 Å². The standard InChI is InChI=1S/C23H29N3O4S/c1-17-9-8-10-18(2)21(17)25-23(28)22(27)24-15-14-19-11-6-7-16-26(19)31(29,30)20-12-4-3-5-13-20/h3-5,8-10,12-13,19H,6-7,11,14-16H2,1-2H3,(H,24,27)(H,25,28)/t19-/m1/s1. The van der Waals surface area contributed by atoms with Gasteiger partial charge in [-0.05, 0) is 56.4 Å². The van der Waals surface area contributed by atoms with Gasteiger partial charge in [-0.15, -0.1) is 0 Å². The summed E-state index contributed by atoms with van der Waals surface area (Å²) in [5, 5.41) is 5.29. The van der Waals surface area contributed by atoms with Crippen LogP contribution >= 0.6 is 0 Å². The molecular weight excluding hydrogens is 414 g/mol. The number of piperidine rings is 1. The molecule has 166 valence electrons. The summed E-state index contributed by atoms with van der Waals surface area (Å²) in [6.07, 6.45) is 2.94. The van der Waals surface area contributed by atoms with Crippen LogP contribution in [-0.2, 0) is 19.6 Å². The summed E-state index contributed by atoms with van der Waals surface area (Å²) in [7, 11) is -3.59. The Morgan fingerprint density at radius 2 is 1.65 bits per heavy atom. The van der Waals surface area contributed by atoms with E-state index in [0.29, 0.717) is 18.7 Å². The van der Waals surface area contributed by atoms with Crippen LogP contribution in [0.5, 0.6) is 0 Å². The lowest BCUT2D eigenvalue weighted by atomic mass is 10.0. The van der Waals surface area contributed by atoms with Gasteiger partial charge in [0.05, 0.1) is 4.90 Å². The van der Waals surface area contributed by atoms with Crippen molar-refractivity contribution < 1.29 is 18.0 Å². The molecule has 2 amide bonds. The Balaban J connectivity index is 1.58. The molecule has 1 atom stereocenters. The predicted molar refractivity (Wildman–Crippen MR) is 120 cm³/mol. The van der Waals surface area contributed by atoms with Gasteiger partial charge in [-0.25, -0.2) is 8.42 Å². The number of nitrogens with zero attached hydrogens (tertiary/aromatic N) is 1. The first-order valence-corrected chi connectivity index (χ1v) is 12.0. The van der Waals surface area contributed by atoms with Crippen molar-refractivity contribution in [2.24, 2.45) is 0 Å². The van der Waals surface area contributed by atoms with Gasteiger partial charge in [0.2, 0.25) is 10.0 Å². The van der Waals surface area contributed by atoms with Crippen LogP contribution in [0.1, 0.15) is 36.8 Å². The summed E-state index contributed by atoms with van der Waals surface area (Å²) in [5.41, 5.74) is 2.39. The summed E-state index contributed by atoms with van der Waals surface area (Å²) in [5.74, 6) is -1.45. The Labute approximate surface area is 183 Å². The van der Waals surface area contributed by atoms with Crippen LogP contribution in [0.3, 0.4) is 0 Å². The average Bonchev–Trinajstić information content (AvgIpc) is 2.77. The molecule has 0 aromatic heterocycles. The second-order valence-electron chi connectivity index (χ2n) is 7.84. The van der Waals surface area contributed by atoms with E-state index in [4.69, 9.17) is 0 Å². The molecule has 0 aliphatic carbocycles. The van der Waals surface area contributed by atoms with Gasteiger partial charge < -0.3 is 10.6 Å². The Hall–Kier alpha value is -2.71. The zero-order chi connectivity index (χ0) is 22.4. The molecule has 2 N–H and O–H groups in total. The van der Waals surface area contributed by atoms with Gasteiger partial charge in [-0.2, -0.15) is 4.31 Å². The van der Waals surface area contributed by atoms with Crippen LogP contribution in [0, 0.1) is 13.8 Å². The molecule has 31 heavy (non-hydrogen) atoms. The number of para-hydroxylation sites is 1. The fourth-order valence-electron chi connectivity index (χ4n) is 3.92. The Morgan fingerprint density at radius 1 is 0.968 bits per heavy atom. The SMILES string of the molecule is Cc1cccc(C)c1NC(=O)C(=O)NCC[C@H]1CCCCN1S(=O)(=O)c1ccccc1. The van der Waals surface area contributed by atoms with Crippen molar-refractivity contribution in [3.8, 4) is 0 Å². The van der Waals surface area contributed by atoms with Crippen molar-refractivity contribution in [2.45, 2.75) is 50.5 Å². The Kier molecular flexibility index (Phi) is 7.46. The number of anilines is 1. The van der Waals surface area contributed by atoms with Crippen molar-refractivity contribution >= 4 is 27.5 Å². The van der Waals surface area contributed by atoms with Crippen LogP contribution in [-0.4, -0.2) is 43.7 Å². The molecule has 3 rings (SSSR count). The topological polar surface area (TPSA) is 95.6 Å². The van der Waals surface area contributed by atoms with E-state index in [1.54, 1.807) is 30.3 Å². The van der Waals surface area contributed by atoms with E-state index in [-0.39, 0.29) is 17.5 Å². The number of hydrogen-bond acceptors (Lipinski definition) is 4. The maximum Gasteiger partial charge on any atom is 0.313 e. The van der Waals surface area contributed by atoms with Gasteiger partial charge in [0.1, 0.15) is 0 Å². The van der Waals surface area contributed by atoms with Crippen LogP contribution < -0.4 is 10.6 Å². The Morgan fingerprint density at radius 3 is 2.32 bits per heavy atom. The number of sulfonamides is 1. The highest BCUT2D eigenvalue weighted by Crippen LogP contribution is 2.26. The number of rotatable bonds is 6. The summed E-state index contributed by atoms with van der Waals surface area (Å²) in [4.78, 5) is 24.8. The third kappa shape index (κ3) is 5.51. The van der Waals surface area contributed by atoms with E-state index in [1.807, 2.05) is 32.0 Å². The highest BCUT2D eigenvalue weighted by atomic mass is 32.2. The first-order chi connectivity index (χ1) is 14.8. The van der Waals surface area contributed by atoms with Crippen LogP contribution in [0.15, 0.2) is 53.4 Å². The summed E-state index contributed by atoms with van der Waals surface area (Å²) < 4.78 is 27.6. The average molecular weight is 444 g/mol. The monoisotopic (exact) mass is 443 g/mol. The second-order valence-corrected chi connectivity index (χ2v) is 9.73. The zero-order valence-corrected chi connectivity index (χ0v) is 18.7. The second kappa shape index (κ2) is 10.1. The lowest BCUT2D eigenvalue weighted by molar-refractivity contribution is -0.136. The van der Waals surface area contributed by atoms with Crippen LogP contribution in [0.25, 0.3) is 0 Å². The van der Waals surface area contributed by atoms with Gasteiger partial charge in [0.25, 0.3) is 0 Å². The largest absolute Gasteiger partial charge is 0.348 e.